The highest BCUT2D eigenvalue weighted by Crippen LogP contribution is 2.18. The fourth-order valence-electron chi connectivity index (χ4n) is 1.98. The lowest BCUT2D eigenvalue weighted by molar-refractivity contribution is -0.114. The largest absolute Gasteiger partial charge is 0.494 e. The van der Waals surface area contributed by atoms with Crippen LogP contribution in [0.15, 0.2) is 53.0 Å². The van der Waals surface area contributed by atoms with E-state index in [9.17, 15) is 4.79 Å². The second-order valence-electron chi connectivity index (χ2n) is 5.14. The zero-order valence-electron chi connectivity index (χ0n) is 13.1. The van der Waals surface area contributed by atoms with Crippen LogP contribution in [0, 0.1) is 0 Å². The van der Waals surface area contributed by atoms with Crippen molar-refractivity contribution in [3.63, 3.8) is 0 Å². The van der Waals surface area contributed by atoms with Gasteiger partial charge in [-0.3, -0.25) is 4.79 Å². The van der Waals surface area contributed by atoms with Gasteiger partial charge in [-0.15, -0.1) is 0 Å². The highest BCUT2D eigenvalue weighted by Gasteiger charge is 2.03. The van der Waals surface area contributed by atoms with Gasteiger partial charge in [0.15, 0.2) is 0 Å². The Morgan fingerprint density at radius 2 is 1.91 bits per heavy atom. The molecule has 0 aliphatic carbocycles. The Balaban J connectivity index is 1.83. The molecule has 2 aromatic rings. The third kappa shape index (κ3) is 6.32. The van der Waals surface area contributed by atoms with E-state index in [2.05, 4.69) is 33.5 Å². The lowest BCUT2D eigenvalue weighted by Crippen LogP contribution is -2.21. The number of ether oxygens (including phenoxy) is 1. The number of benzene rings is 2. The number of hydrogen-bond acceptors (Lipinski definition) is 3. The van der Waals surface area contributed by atoms with Gasteiger partial charge in [0.1, 0.15) is 5.75 Å². The van der Waals surface area contributed by atoms with Crippen LogP contribution >= 0.6 is 15.9 Å². The molecular weight excluding hydrogens is 356 g/mol. The molecule has 0 aromatic heterocycles. The van der Waals surface area contributed by atoms with Gasteiger partial charge in [0.25, 0.3) is 0 Å². The number of hydrogen-bond donors (Lipinski definition) is 2. The van der Waals surface area contributed by atoms with Crippen molar-refractivity contribution in [2.75, 3.05) is 23.8 Å². The summed E-state index contributed by atoms with van der Waals surface area (Å²) in [5.74, 6) is 0.719. The van der Waals surface area contributed by atoms with Crippen LogP contribution in [0.3, 0.4) is 0 Å². The molecule has 4 nitrogen and oxygen atoms in total. The van der Waals surface area contributed by atoms with E-state index in [1.54, 1.807) is 0 Å². The van der Waals surface area contributed by atoms with Crippen molar-refractivity contribution in [2.24, 2.45) is 0 Å². The van der Waals surface area contributed by atoms with Crippen LogP contribution in [0.1, 0.15) is 19.8 Å². The van der Waals surface area contributed by atoms with E-state index < -0.39 is 0 Å². The zero-order chi connectivity index (χ0) is 16.5. The van der Waals surface area contributed by atoms with Crippen LogP contribution in [0.5, 0.6) is 5.75 Å². The second kappa shape index (κ2) is 9.20. The Morgan fingerprint density at radius 3 is 2.70 bits per heavy atom. The summed E-state index contributed by atoms with van der Waals surface area (Å²) in [7, 11) is 0. The minimum atomic E-state index is -0.0968. The van der Waals surface area contributed by atoms with Crippen molar-refractivity contribution in [2.45, 2.75) is 19.8 Å². The van der Waals surface area contributed by atoms with Crippen molar-refractivity contribution in [3.8, 4) is 5.75 Å². The summed E-state index contributed by atoms with van der Waals surface area (Å²) < 4.78 is 6.59. The molecule has 2 N–H and O–H groups in total. The maximum Gasteiger partial charge on any atom is 0.243 e. The molecular formula is C18H21BrN2O2. The summed E-state index contributed by atoms with van der Waals surface area (Å²) in [6.45, 7) is 3.04. The third-order valence-electron chi connectivity index (χ3n) is 3.16. The maximum absolute atomic E-state index is 12.0. The summed E-state index contributed by atoms with van der Waals surface area (Å²) in [4.78, 5) is 12.0. The first-order valence-corrected chi connectivity index (χ1v) is 8.49. The summed E-state index contributed by atoms with van der Waals surface area (Å²) in [6.07, 6.45) is 2.14. The number of anilines is 2. The van der Waals surface area contributed by atoms with Crippen molar-refractivity contribution in [1.29, 1.82) is 0 Å². The normalized spacial score (nSPS) is 10.2. The van der Waals surface area contributed by atoms with E-state index >= 15 is 0 Å². The van der Waals surface area contributed by atoms with Gasteiger partial charge >= 0.3 is 0 Å². The maximum atomic E-state index is 12.0. The Hall–Kier alpha value is -2.01. The number of carbonyl (C=O) groups is 1. The van der Waals surface area contributed by atoms with E-state index in [0.717, 1.165) is 34.4 Å². The van der Waals surface area contributed by atoms with Gasteiger partial charge < -0.3 is 15.4 Å². The number of rotatable bonds is 8. The summed E-state index contributed by atoms with van der Waals surface area (Å²) in [5.41, 5.74) is 1.63. The first-order valence-electron chi connectivity index (χ1n) is 7.69. The van der Waals surface area contributed by atoms with Crippen LogP contribution in [0.2, 0.25) is 0 Å². The quantitative estimate of drug-likeness (QED) is 0.657. The Morgan fingerprint density at radius 1 is 1.13 bits per heavy atom. The lowest BCUT2D eigenvalue weighted by Gasteiger charge is -2.10. The molecule has 0 radical (unpaired) electrons. The van der Waals surface area contributed by atoms with Crippen LogP contribution < -0.4 is 15.4 Å². The van der Waals surface area contributed by atoms with Gasteiger partial charge in [0.2, 0.25) is 5.91 Å². The van der Waals surface area contributed by atoms with Gasteiger partial charge in [-0.05, 0) is 36.8 Å². The number of unbranched alkanes of at least 4 members (excludes halogenated alkanes) is 1. The van der Waals surface area contributed by atoms with E-state index in [1.165, 1.54) is 0 Å². The first kappa shape index (κ1) is 17.3. The molecule has 2 aromatic carbocycles. The topological polar surface area (TPSA) is 50.4 Å². The Kier molecular flexibility index (Phi) is 6.94. The smallest absolute Gasteiger partial charge is 0.243 e. The number of amides is 1. The highest BCUT2D eigenvalue weighted by atomic mass is 79.9. The van der Waals surface area contributed by atoms with Crippen LogP contribution in [-0.2, 0) is 4.79 Å². The molecule has 0 heterocycles. The average Bonchev–Trinajstić information content (AvgIpc) is 2.54. The molecule has 1 amide bonds. The molecule has 2 rings (SSSR count). The molecule has 122 valence electrons. The van der Waals surface area contributed by atoms with Crippen molar-refractivity contribution >= 4 is 33.2 Å². The van der Waals surface area contributed by atoms with Gasteiger partial charge in [-0.2, -0.15) is 0 Å². The lowest BCUT2D eigenvalue weighted by atomic mass is 10.3. The van der Waals surface area contributed by atoms with Crippen LogP contribution in [0.4, 0.5) is 11.4 Å². The fourth-order valence-corrected chi connectivity index (χ4v) is 2.38. The Labute approximate surface area is 145 Å². The van der Waals surface area contributed by atoms with Gasteiger partial charge in [0.05, 0.1) is 13.2 Å². The molecule has 23 heavy (non-hydrogen) atoms. The summed E-state index contributed by atoms with van der Waals surface area (Å²) in [5, 5.41) is 5.95. The van der Waals surface area contributed by atoms with E-state index in [-0.39, 0.29) is 12.5 Å². The number of halogens is 1. The Bertz CT molecular complexity index is 646. The molecule has 0 aliphatic rings. The van der Waals surface area contributed by atoms with E-state index in [4.69, 9.17) is 4.74 Å². The average molecular weight is 377 g/mol. The molecule has 0 spiro atoms. The molecule has 0 saturated carbocycles. The SMILES string of the molecule is CCCCOc1cccc(NCC(=O)Nc2cccc(Br)c2)c1. The standard InChI is InChI=1S/C18H21BrN2O2/c1-2-3-10-23-17-9-5-7-15(12-17)20-13-18(22)21-16-8-4-6-14(19)11-16/h4-9,11-12,20H,2-3,10,13H2,1H3,(H,21,22). The molecule has 0 bridgehead atoms. The van der Waals surface area contributed by atoms with Gasteiger partial charge in [0, 0.05) is 21.9 Å². The van der Waals surface area contributed by atoms with Crippen molar-refractivity contribution < 1.29 is 9.53 Å². The molecule has 0 atom stereocenters. The number of nitrogens with one attached hydrogen (secondary N) is 2. The first-order chi connectivity index (χ1) is 11.2. The fraction of sp³-hybridized carbons (Fsp3) is 0.278. The zero-order valence-corrected chi connectivity index (χ0v) is 14.7. The van der Waals surface area contributed by atoms with E-state index in [1.807, 2.05) is 48.5 Å². The molecule has 0 saturated heterocycles. The minimum Gasteiger partial charge on any atom is -0.494 e. The minimum absolute atomic E-state index is 0.0968. The second-order valence-corrected chi connectivity index (χ2v) is 6.06. The predicted octanol–water partition coefficient (Wildman–Crippen LogP) is 4.68. The van der Waals surface area contributed by atoms with Crippen molar-refractivity contribution in [1.82, 2.24) is 0 Å². The summed E-state index contributed by atoms with van der Waals surface area (Å²) >= 11 is 3.38. The highest BCUT2D eigenvalue weighted by molar-refractivity contribution is 9.10. The molecule has 0 unspecified atom stereocenters. The molecule has 0 fully saturated rings. The number of carbonyl (C=O) groups excluding carboxylic acids is 1. The van der Waals surface area contributed by atoms with E-state index in [0.29, 0.717) is 6.61 Å². The monoisotopic (exact) mass is 376 g/mol. The molecule has 5 heteroatoms. The molecule has 0 aliphatic heterocycles. The summed E-state index contributed by atoms with van der Waals surface area (Å²) in [6, 6.07) is 15.2. The van der Waals surface area contributed by atoms with Crippen molar-refractivity contribution in [3.05, 3.63) is 53.0 Å². The van der Waals surface area contributed by atoms with Crippen LogP contribution in [0.25, 0.3) is 0 Å². The van der Waals surface area contributed by atoms with Gasteiger partial charge in [-0.1, -0.05) is 41.4 Å². The third-order valence-corrected chi connectivity index (χ3v) is 3.66. The van der Waals surface area contributed by atoms with Gasteiger partial charge in [-0.25, -0.2) is 0 Å². The predicted molar refractivity (Wildman–Crippen MR) is 98.1 cm³/mol. The van der Waals surface area contributed by atoms with Crippen LogP contribution in [-0.4, -0.2) is 19.1 Å².